The highest BCUT2D eigenvalue weighted by Gasteiger charge is 2.20. The van der Waals surface area contributed by atoms with Crippen LogP contribution in [0.25, 0.3) is 0 Å². The van der Waals surface area contributed by atoms with E-state index in [0.29, 0.717) is 44.9 Å². The Hall–Kier alpha value is -1.84. The van der Waals surface area contributed by atoms with Crippen molar-refractivity contribution in [3.63, 3.8) is 0 Å². The molecule has 114 valence electrons. The fourth-order valence-corrected chi connectivity index (χ4v) is 2.37. The highest BCUT2D eigenvalue weighted by atomic mass is 16.5. The van der Waals surface area contributed by atoms with Crippen LogP contribution in [0.15, 0.2) is 24.3 Å². The molecule has 1 heterocycles. The maximum absolute atomic E-state index is 12.0. The van der Waals surface area contributed by atoms with E-state index in [1.54, 1.807) is 4.90 Å². The Bertz CT molecular complexity index is 483. The van der Waals surface area contributed by atoms with E-state index in [1.165, 1.54) is 5.56 Å². The van der Waals surface area contributed by atoms with E-state index in [0.717, 1.165) is 5.75 Å². The second-order valence-corrected chi connectivity index (χ2v) is 5.74. The molecule has 1 aliphatic rings. The van der Waals surface area contributed by atoms with Gasteiger partial charge in [-0.1, -0.05) is 26.0 Å². The van der Waals surface area contributed by atoms with Crippen molar-refractivity contribution in [3.8, 4) is 5.75 Å². The predicted octanol–water partition coefficient (Wildman–Crippen LogP) is 2.77. The lowest BCUT2D eigenvalue weighted by Gasteiger charge is -2.26. The molecule has 0 spiro atoms. The van der Waals surface area contributed by atoms with Gasteiger partial charge in [-0.25, -0.2) is 0 Å². The Morgan fingerprint density at radius 3 is 2.38 bits per heavy atom. The van der Waals surface area contributed by atoms with Crippen LogP contribution in [0.3, 0.4) is 0 Å². The number of Topliss-reactive ketones (excluding diaryl/α,β-unsaturated/α-hetero) is 1. The van der Waals surface area contributed by atoms with Gasteiger partial charge in [0.1, 0.15) is 11.5 Å². The first kappa shape index (κ1) is 15.5. The maximum Gasteiger partial charge on any atom is 0.226 e. The van der Waals surface area contributed by atoms with Crippen molar-refractivity contribution in [1.82, 2.24) is 4.90 Å². The normalized spacial score (nSPS) is 15.4. The van der Waals surface area contributed by atoms with Crippen molar-refractivity contribution < 1.29 is 14.3 Å². The minimum absolute atomic E-state index is 0.0706. The Kier molecular flexibility index (Phi) is 5.37. The quantitative estimate of drug-likeness (QED) is 0.837. The molecule has 1 aliphatic heterocycles. The highest BCUT2D eigenvalue weighted by molar-refractivity contribution is 5.83. The van der Waals surface area contributed by atoms with Crippen LogP contribution in [0, 0.1) is 0 Å². The molecule has 0 aromatic heterocycles. The molecule has 0 aliphatic carbocycles. The number of hydrogen-bond donors (Lipinski definition) is 0. The third-order valence-corrected chi connectivity index (χ3v) is 3.81. The zero-order chi connectivity index (χ0) is 15.2. The van der Waals surface area contributed by atoms with Gasteiger partial charge in [0.25, 0.3) is 0 Å². The van der Waals surface area contributed by atoms with Crippen LogP contribution in [0.5, 0.6) is 5.75 Å². The second kappa shape index (κ2) is 7.25. The fourth-order valence-electron chi connectivity index (χ4n) is 2.37. The number of rotatable bonds is 5. The summed E-state index contributed by atoms with van der Waals surface area (Å²) in [6, 6.07) is 7.99. The Balaban J connectivity index is 1.73. The minimum atomic E-state index is 0.0706. The van der Waals surface area contributed by atoms with Gasteiger partial charge < -0.3 is 9.64 Å². The number of benzene rings is 1. The summed E-state index contributed by atoms with van der Waals surface area (Å²) in [5.74, 6) is 1.62. The molecule has 0 N–H and O–H groups in total. The van der Waals surface area contributed by atoms with Crippen LogP contribution in [0.2, 0.25) is 0 Å². The second-order valence-electron chi connectivity index (χ2n) is 5.74. The monoisotopic (exact) mass is 289 g/mol. The largest absolute Gasteiger partial charge is 0.493 e. The third-order valence-electron chi connectivity index (χ3n) is 3.81. The molecule has 0 bridgehead atoms. The van der Waals surface area contributed by atoms with Gasteiger partial charge in [0, 0.05) is 25.9 Å². The molecular formula is C17H23NO3. The first-order chi connectivity index (χ1) is 10.1. The van der Waals surface area contributed by atoms with Crippen molar-refractivity contribution >= 4 is 11.7 Å². The first-order valence-electron chi connectivity index (χ1n) is 7.58. The molecule has 0 unspecified atom stereocenters. The number of carbonyl (C=O) groups is 2. The van der Waals surface area contributed by atoms with Crippen LogP contribution >= 0.6 is 0 Å². The molecule has 1 fully saturated rings. The van der Waals surface area contributed by atoms with Crippen molar-refractivity contribution in [2.24, 2.45) is 0 Å². The Morgan fingerprint density at radius 1 is 1.19 bits per heavy atom. The molecule has 1 saturated heterocycles. The standard InChI is InChI=1S/C17H23NO3/c1-13(2)14-3-5-16(6-4-14)21-12-9-17(20)18-10-7-15(19)8-11-18/h3-6,13H,7-12H2,1-2H3. The van der Waals surface area contributed by atoms with Crippen molar-refractivity contribution in [3.05, 3.63) is 29.8 Å². The minimum Gasteiger partial charge on any atom is -0.493 e. The Labute approximate surface area is 126 Å². The lowest BCUT2D eigenvalue weighted by molar-refractivity contribution is -0.134. The summed E-state index contributed by atoms with van der Waals surface area (Å²) in [5.41, 5.74) is 1.27. The SMILES string of the molecule is CC(C)c1ccc(OCCC(=O)N2CCC(=O)CC2)cc1. The molecule has 4 heteroatoms. The first-order valence-corrected chi connectivity index (χ1v) is 7.58. The average molecular weight is 289 g/mol. The van der Waals surface area contributed by atoms with Gasteiger partial charge in [0.05, 0.1) is 13.0 Å². The van der Waals surface area contributed by atoms with E-state index in [9.17, 15) is 9.59 Å². The molecule has 4 nitrogen and oxygen atoms in total. The van der Waals surface area contributed by atoms with Gasteiger partial charge in [-0.2, -0.15) is 0 Å². The van der Waals surface area contributed by atoms with Crippen LogP contribution < -0.4 is 4.74 Å². The predicted molar refractivity (Wildman–Crippen MR) is 81.5 cm³/mol. The molecule has 2 rings (SSSR count). The topological polar surface area (TPSA) is 46.6 Å². The third kappa shape index (κ3) is 4.59. The zero-order valence-electron chi connectivity index (χ0n) is 12.8. The molecule has 1 amide bonds. The van der Waals surface area contributed by atoms with Gasteiger partial charge in [0.15, 0.2) is 0 Å². The van der Waals surface area contributed by atoms with Gasteiger partial charge in [-0.3, -0.25) is 9.59 Å². The summed E-state index contributed by atoms with van der Waals surface area (Å²) in [5, 5.41) is 0. The van der Waals surface area contributed by atoms with Gasteiger partial charge in [0.2, 0.25) is 5.91 Å². The van der Waals surface area contributed by atoms with Crippen LogP contribution in [-0.4, -0.2) is 36.3 Å². The van der Waals surface area contributed by atoms with Gasteiger partial charge in [-0.15, -0.1) is 0 Å². The van der Waals surface area contributed by atoms with E-state index < -0.39 is 0 Å². The summed E-state index contributed by atoms with van der Waals surface area (Å²) < 4.78 is 5.61. The Morgan fingerprint density at radius 2 is 1.81 bits per heavy atom. The van der Waals surface area contributed by atoms with Crippen molar-refractivity contribution in [2.45, 2.75) is 39.0 Å². The van der Waals surface area contributed by atoms with E-state index in [1.807, 2.05) is 12.1 Å². The summed E-state index contributed by atoms with van der Waals surface area (Å²) >= 11 is 0. The van der Waals surface area contributed by atoms with E-state index >= 15 is 0 Å². The summed E-state index contributed by atoms with van der Waals surface area (Å²) in [4.78, 5) is 24.9. The number of carbonyl (C=O) groups excluding carboxylic acids is 2. The van der Waals surface area contributed by atoms with Crippen molar-refractivity contribution in [1.29, 1.82) is 0 Å². The molecule has 1 aromatic rings. The molecule has 0 saturated carbocycles. The number of piperidine rings is 1. The molecule has 0 radical (unpaired) electrons. The highest BCUT2D eigenvalue weighted by Crippen LogP contribution is 2.18. The number of amides is 1. The van der Waals surface area contributed by atoms with Crippen molar-refractivity contribution in [2.75, 3.05) is 19.7 Å². The fraction of sp³-hybridized carbons (Fsp3) is 0.529. The lowest BCUT2D eigenvalue weighted by Crippen LogP contribution is -2.39. The van der Waals surface area contributed by atoms with E-state index in [-0.39, 0.29) is 11.7 Å². The number of likely N-dealkylation sites (tertiary alicyclic amines) is 1. The van der Waals surface area contributed by atoms with Crippen LogP contribution in [0.1, 0.15) is 44.6 Å². The van der Waals surface area contributed by atoms with Gasteiger partial charge >= 0.3 is 0 Å². The lowest BCUT2D eigenvalue weighted by atomic mass is 10.0. The maximum atomic E-state index is 12.0. The zero-order valence-corrected chi connectivity index (χ0v) is 12.8. The van der Waals surface area contributed by atoms with Gasteiger partial charge in [-0.05, 0) is 23.6 Å². The average Bonchev–Trinajstić information content (AvgIpc) is 2.48. The van der Waals surface area contributed by atoms with E-state index in [4.69, 9.17) is 4.74 Å². The number of hydrogen-bond acceptors (Lipinski definition) is 3. The van der Waals surface area contributed by atoms with Crippen LogP contribution in [0.4, 0.5) is 0 Å². The summed E-state index contributed by atoms with van der Waals surface area (Å²) in [6.45, 7) is 5.79. The number of ether oxygens (including phenoxy) is 1. The summed E-state index contributed by atoms with van der Waals surface area (Å²) in [7, 11) is 0. The number of nitrogens with zero attached hydrogens (tertiary/aromatic N) is 1. The molecule has 1 aromatic carbocycles. The number of ketones is 1. The molecule has 0 atom stereocenters. The molecule has 21 heavy (non-hydrogen) atoms. The van der Waals surface area contributed by atoms with Crippen LogP contribution in [-0.2, 0) is 9.59 Å². The smallest absolute Gasteiger partial charge is 0.226 e. The van der Waals surface area contributed by atoms with E-state index in [2.05, 4.69) is 26.0 Å². The summed E-state index contributed by atoms with van der Waals surface area (Å²) in [6.07, 6.45) is 1.34. The molecular weight excluding hydrogens is 266 g/mol.